The van der Waals surface area contributed by atoms with Crippen LogP contribution in [0, 0.1) is 18.6 Å². The first-order valence-corrected chi connectivity index (χ1v) is 10.2. The summed E-state index contributed by atoms with van der Waals surface area (Å²) in [5.41, 5.74) is -0.0835. The number of imidazole rings is 1. The van der Waals surface area contributed by atoms with Crippen molar-refractivity contribution in [1.82, 2.24) is 9.97 Å². The van der Waals surface area contributed by atoms with Crippen LogP contribution < -0.4 is 0 Å². The Labute approximate surface area is 167 Å². The molecule has 0 aliphatic rings. The van der Waals surface area contributed by atoms with Crippen LogP contribution in [-0.4, -0.2) is 24.6 Å². The number of alkyl halides is 3. The van der Waals surface area contributed by atoms with E-state index in [0.717, 1.165) is 0 Å². The molecule has 0 aliphatic carbocycles. The van der Waals surface area contributed by atoms with Gasteiger partial charge in [0.25, 0.3) is 0 Å². The number of nitrogens with one attached hydrogen (secondary N) is 1. The predicted molar refractivity (Wildman–Crippen MR) is 97.2 cm³/mol. The Kier molecular flexibility index (Phi) is 5.20. The highest BCUT2D eigenvalue weighted by Gasteiger charge is 2.36. The Balaban J connectivity index is 2.29. The maximum Gasteiger partial charge on any atom is 0.449 e. The highest BCUT2D eigenvalue weighted by Crippen LogP contribution is 2.38. The van der Waals surface area contributed by atoms with Crippen LogP contribution in [0.2, 0.25) is 5.02 Å². The van der Waals surface area contributed by atoms with E-state index in [9.17, 15) is 30.4 Å². The average molecular weight is 451 g/mol. The highest BCUT2D eigenvalue weighted by molar-refractivity contribution is 7.90. The van der Waals surface area contributed by atoms with E-state index < -0.39 is 44.1 Å². The minimum absolute atomic E-state index is 0.176. The molecular weight excluding hydrogens is 439 g/mol. The van der Waals surface area contributed by atoms with Gasteiger partial charge < -0.3 is 4.98 Å². The standard InChI is InChI=1S/C18H12ClF5N2O2S/c1-8-3-4-9(5-11(8)19)14-15(26-17(25-14)18(22,23)24)10-6-12(20)16(13(21)7-10)29(2,27)28/h3-7H,1-2H3,(H,25,26). The molecule has 4 nitrogen and oxygen atoms in total. The Bertz CT molecular complexity index is 1200. The Morgan fingerprint density at radius 3 is 2.10 bits per heavy atom. The molecule has 0 radical (unpaired) electrons. The molecule has 0 bridgehead atoms. The van der Waals surface area contributed by atoms with E-state index in [4.69, 9.17) is 11.6 Å². The number of rotatable bonds is 3. The number of aryl methyl sites for hydroxylation is 1. The lowest BCUT2D eigenvalue weighted by Gasteiger charge is -2.08. The van der Waals surface area contributed by atoms with Crippen LogP contribution in [0.5, 0.6) is 0 Å². The molecule has 154 valence electrons. The van der Waals surface area contributed by atoms with Crippen molar-refractivity contribution in [2.75, 3.05) is 6.26 Å². The molecule has 0 saturated carbocycles. The third-order valence-corrected chi connectivity index (χ3v) is 5.61. The maximum absolute atomic E-state index is 14.3. The summed E-state index contributed by atoms with van der Waals surface area (Å²) in [4.78, 5) is 4.38. The van der Waals surface area contributed by atoms with Crippen molar-refractivity contribution in [2.24, 2.45) is 0 Å². The smallest absolute Gasteiger partial charge is 0.334 e. The number of aromatic nitrogens is 2. The number of nitrogens with zero attached hydrogens (tertiary/aromatic N) is 1. The first-order valence-electron chi connectivity index (χ1n) is 7.92. The van der Waals surface area contributed by atoms with Gasteiger partial charge in [-0.2, -0.15) is 13.2 Å². The lowest BCUT2D eigenvalue weighted by atomic mass is 10.0. The van der Waals surface area contributed by atoms with Crippen molar-refractivity contribution >= 4 is 21.4 Å². The average Bonchev–Trinajstić information content (AvgIpc) is 3.01. The summed E-state index contributed by atoms with van der Waals surface area (Å²) < 4.78 is 91.2. The minimum atomic E-state index is -4.86. The second-order valence-electron chi connectivity index (χ2n) is 6.31. The predicted octanol–water partition coefficient (Wildman–Crippen LogP) is 5.41. The van der Waals surface area contributed by atoms with E-state index in [-0.39, 0.29) is 21.8 Å². The molecular formula is C18H12ClF5N2O2S. The van der Waals surface area contributed by atoms with Gasteiger partial charge in [-0.15, -0.1) is 0 Å². The Morgan fingerprint density at radius 1 is 1.03 bits per heavy atom. The lowest BCUT2D eigenvalue weighted by molar-refractivity contribution is -0.144. The molecule has 1 N–H and O–H groups in total. The van der Waals surface area contributed by atoms with E-state index >= 15 is 0 Å². The number of sulfone groups is 1. The SMILES string of the molecule is Cc1ccc(-c2[nH]c(C(F)(F)F)nc2-c2cc(F)c(S(C)(=O)=O)c(F)c2)cc1Cl. The van der Waals surface area contributed by atoms with Gasteiger partial charge in [0.2, 0.25) is 5.82 Å². The third-order valence-electron chi connectivity index (χ3n) is 4.08. The van der Waals surface area contributed by atoms with Crippen LogP contribution in [0.25, 0.3) is 22.5 Å². The highest BCUT2D eigenvalue weighted by atomic mass is 35.5. The maximum atomic E-state index is 14.3. The van der Waals surface area contributed by atoms with Gasteiger partial charge in [-0.1, -0.05) is 23.7 Å². The van der Waals surface area contributed by atoms with Gasteiger partial charge in [0.15, 0.2) is 9.84 Å². The van der Waals surface area contributed by atoms with Crippen molar-refractivity contribution in [3.8, 4) is 22.5 Å². The number of hydrogen-bond donors (Lipinski definition) is 1. The molecule has 3 aromatic rings. The topological polar surface area (TPSA) is 62.8 Å². The second-order valence-corrected chi connectivity index (χ2v) is 8.67. The molecule has 1 aromatic heterocycles. The molecule has 0 atom stereocenters. The fraction of sp³-hybridized carbons (Fsp3) is 0.167. The van der Waals surface area contributed by atoms with Crippen molar-refractivity contribution in [2.45, 2.75) is 18.0 Å². The summed E-state index contributed by atoms with van der Waals surface area (Å²) in [6.07, 6.45) is -4.24. The molecule has 1 heterocycles. The Hall–Kier alpha value is -2.46. The molecule has 29 heavy (non-hydrogen) atoms. The number of H-pyrrole nitrogens is 1. The van der Waals surface area contributed by atoms with Crippen molar-refractivity contribution in [3.05, 3.63) is 58.4 Å². The van der Waals surface area contributed by atoms with Crippen LogP contribution in [0.1, 0.15) is 11.4 Å². The fourth-order valence-corrected chi connectivity index (χ4v) is 3.73. The monoisotopic (exact) mass is 450 g/mol. The zero-order valence-corrected chi connectivity index (χ0v) is 16.4. The molecule has 0 aliphatic heterocycles. The van der Waals surface area contributed by atoms with E-state index in [1.165, 1.54) is 12.1 Å². The van der Waals surface area contributed by atoms with Gasteiger partial charge in [-0.3, -0.25) is 0 Å². The summed E-state index contributed by atoms with van der Waals surface area (Å²) in [5.74, 6) is -4.26. The van der Waals surface area contributed by atoms with Crippen molar-refractivity contribution < 1.29 is 30.4 Å². The first kappa shape index (κ1) is 21.3. The molecule has 2 aromatic carbocycles. The fourth-order valence-electron chi connectivity index (χ4n) is 2.72. The van der Waals surface area contributed by atoms with E-state index in [2.05, 4.69) is 9.97 Å². The minimum Gasteiger partial charge on any atom is -0.334 e. The van der Waals surface area contributed by atoms with Gasteiger partial charge in [-0.25, -0.2) is 22.2 Å². The van der Waals surface area contributed by atoms with Gasteiger partial charge in [0.1, 0.15) is 16.5 Å². The lowest BCUT2D eigenvalue weighted by Crippen LogP contribution is -2.07. The zero-order chi connectivity index (χ0) is 21.7. The van der Waals surface area contributed by atoms with Crippen LogP contribution in [0.3, 0.4) is 0 Å². The number of halogens is 6. The van der Waals surface area contributed by atoms with Crippen molar-refractivity contribution in [3.63, 3.8) is 0 Å². The van der Waals surface area contributed by atoms with Gasteiger partial charge >= 0.3 is 6.18 Å². The quantitative estimate of drug-likeness (QED) is 0.543. The molecule has 0 fully saturated rings. The van der Waals surface area contributed by atoms with E-state index in [1.54, 1.807) is 13.0 Å². The number of aromatic amines is 1. The summed E-state index contributed by atoms with van der Waals surface area (Å²) in [5, 5.41) is 0.265. The van der Waals surface area contributed by atoms with Gasteiger partial charge in [0, 0.05) is 22.4 Å². The number of hydrogen-bond acceptors (Lipinski definition) is 3. The summed E-state index contributed by atoms with van der Waals surface area (Å²) in [7, 11) is -4.23. The first-order chi connectivity index (χ1) is 13.3. The van der Waals surface area contributed by atoms with Gasteiger partial charge in [0.05, 0.1) is 11.4 Å². The Morgan fingerprint density at radius 2 is 1.62 bits per heavy atom. The zero-order valence-electron chi connectivity index (χ0n) is 14.8. The molecule has 3 rings (SSSR count). The van der Waals surface area contributed by atoms with E-state index in [1.807, 2.05) is 0 Å². The molecule has 0 unspecified atom stereocenters. The van der Waals surface area contributed by atoms with Crippen LogP contribution >= 0.6 is 11.6 Å². The second kappa shape index (κ2) is 7.10. The van der Waals surface area contributed by atoms with Gasteiger partial charge in [-0.05, 0) is 30.7 Å². The largest absolute Gasteiger partial charge is 0.449 e. The molecule has 0 amide bonds. The number of benzene rings is 2. The molecule has 0 saturated heterocycles. The molecule has 0 spiro atoms. The van der Waals surface area contributed by atoms with Crippen LogP contribution in [-0.2, 0) is 16.0 Å². The molecule has 11 heteroatoms. The van der Waals surface area contributed by atoms with E-state index in [0.29, 0.717) is 24.0 Å². The summed E-state index contributed by atoms with van der Waals surface area (Å²) in [6, 6.07) is 5.65. The van der Waals surface area contributed by atoms with Crippen LogP contribution in [0.15, 0.2) is 35.2 Å². The van der Waals surface area contributed by atoms with Crippen LogP contribution in [0.4, 0.5) is 22.0 Å². The normalized spacial score (nSPS) is 12.4. The summed E-state index contributed by atoms with van der Waals surface area (Å²) in [6.45, 7) is 1.69. The van der Waals surface area contributed by atoms with Crippen molar-refractivity contribution in [1.29, 1.82) is 0 Å². The summed E-state index contributed by atoms with van der Waals surface area (Å²) >= 11 is 6.04. The third kappa shape index (κ3) is 4.13.